The maximum absolute atomic E-state index is 13.5. The molecule has 0 unspecified atom stereocenters. The number of carbonyl (C=O) groups excluding carboxylic acids is 1. The topological polar surface area (TPSA) is 75.6 Å². The van der Waals surface area contributed by atoms with Gasteiger partial charge >= 0.3 is 5.97 Å². The quantitative estimate of drug-likeness (QED) is 0.732. The molecule has 1 rings (SSSR count). The summed E-state index contributed by atoms with van der Waals surface area (Å²) in [6, 6.07) is 4.24. The Labute approximate surface area is 137 Å². The lowest BCUT2D eigenvalue weighted by Crippen LogP contribution is -2.43. The summed E-state index contributed by atoms with van der Waals surface area (Å²) in [6.07, 6.45) is 0.808. The van der Waals surface area contributed by atoms with E-state index in [9.17, 15) is 19.1 Å². The molecule has 2 N–H and O–H groups in total. The monoisotopic (exact) mass is 375 g/mol. The summed E-state index contributed by atoms with van der Waals surface area (Å²) in [4.78, 5) is 23.1. The summed E-state index contributed by atoms with van der Waals surface area (Å²) in [5, 5.41) is 11.8. The van der Waals surface area contributed by atoms with Crippen molar-refractivity contribution in [3.63, 3.8) is 0 Å². The minimum Gasteiger partial charge on any atom is -0.481 e. The van der Waals surface area contributed by atoms with Crippen molar-refractivity contribution >= 4 is 27.8 Å². The predicted octanol–water partition coefficient (Wildman–Crippen LogP) is 2.97. The number of aliphatic carboxylic acids is 1. The lowest BCUT2D eigenvalue weighted by Gasteiger charge is -2.26. The lowest BCUT2D eigenvalue weighted by molar-refractivity contribution is -0.149. The molecule has 22 heavy (non-hydrogen) atoms. The number of amides is 1. The molecule has 0 fully saturated rings. The van der Waals surface area contributed by atoms with Crippen molar-refractivity contribution in [2.45, 2.75) is 26.7 Å². The number of carboxylic acids is 1. The molecule has 0 aromatic heterocycles. The first-order valence-electron chi connectivity index (χ1n) is 6.92. The van der Waals surface area contributed by atoms with E-state index in [0.717, 1.165) is 0 Å². The first kappa shape index (κ1) is 18.4. The van der Waals surface area contributed by atoms with E-state index in [1.165, 1.54) is 12.1 Å². The fraction of sp³-hybridized carbons (Fsp3) is 0.467. The summed E-state index contributed by atoms with van der Waals surface area (Å²) in [5.41, 5.74) is -0.988. The van der Waals surface area contributed by atoms with Gasteiger partial charge in [-0.25, -0.2) is 4.39 Å². The van der Waals surface area contributed by atoms with Gasteiger partial charge in [0, 0.05) is 11.0 Å². The van der Waals surface area contributed by atoms with Crippen molar-refractivity contribution in [1.82, 2.24) is 5.32 Å². The number of rotatable bonds is 8. The second kappa shape index (κ2) is 8.12. The largest absolute Gasteiger partial charge is 0.481 e. The molecule has 0 bridgehead atoms. The number of halogens is 2. The molecule has 0 atom stereocenters. The van der Waals surface area contributed by atoms with E-state index in [1.54, 1.807) is 19.9 Å². The highest BCUT2D eigenvalue weighted by molar-refractivity contribution is 9.10. The average Bonchev–Trinajstić information content (AvgIpc) is 2.47. The zero-order chi connectivity index (χ0) is 16.8. The Balaban J connectivity index is 2.54. The number of hydrogen-bond donors (Lipinski definition) is 2. The molecular formula is C15H19BrFNO4. The molecular weight excluding hydrogens is 357 g/mol. The second-order valence-corrected chi connectivity index (χ2v) is 5.85. The van der Waals surface area contributed by atoms with Gasteiger partial charge in [0.1, 0.15) is 0 Å². The van der Waals surface area contributed by atoms with Crippen LogP contribution in [0.5, 0.6) is 5.75 Å². The van der Waals surface area contributed by atoms with Crippen LogP contribution in [0.2, 0.25) is 0 Å². The lowest BCUT2D eigenvalue weighted by atomic mass is 9.82. The van der Waals surface area contributed by atoms with Gasteiger partial charge in [0.15, 0.2) is 18.2 Å². The highest BCUT2D eigenvalue weighted by Gasteiger charge is 2.35. The standard InChI is InChI=1S/C15H19BrFNO4/c1-3-15(4-2,14(20)21)9-18-13(19)8-22-12-6-5-10(16)7-11(12)17/h5-7H,3-4,8-9H2,1-2H3,(H,18,19)(H,20,21). The summed E-state index contributed by atoms with van der Waals surface area (Å²) >= 11 is 3.12. The fourth-order valence-electron chi connectivity index (χ4n) is 1.93. The number of carboxylic acid groups (broad SMARTS) is 1. The van der Waals surface area contributed by atoms with Crippen LogP contribution in [0, 0.1) is 11.2 Å². The molecule has 7 heteroatoms. The minimum absolute atomic E-state index is 0.0142. The Morgan fingerprint density at radius 1 is 1.36 bits per heavy atom. The highest BCUT2D eigenvalue weighted by Crippen LogP contribution is 2.25. The van der Waals surface area contributed by atoms with Crippen molar-refractivity contribution in [3.05, 3.63) is 28.5 Å². The van der Waals surface area contributed by atoms with Crippen molar-refractivity contribution in [2.24, 2.45) is 5.41 Å². The van der Waals surface area contributed by atoms with Crippen LogP contribution in [-0.2, 0) is 9.59 Å². The van der Waals surface area contributed by atoms with Crippen LogP contribution < -0.4 is 10.1 Å². The van der Waals surface area contributed by atoms with Gasteiger partial charge in [-0.3, -0.25) is 9.59 Å². The Bertz CT molecular complexity index is 546. The average molecular weight is 376 g/mol. The van der Waals surface area contributed by atoms with Gasteiger partial charge in [-0.2, -0.15) is 0 Å². The van der Waals surface area contributed by atoms with Gasteiger partial charge in [0.25, 0.3) is 5.91 Å². The van der Waals surface area contributed by atoms with E-state index >= 15 is 0 Å². The Morgan fingerprint density at radius 2 is 2.00 bits per heavy atom. The zero-order valence-corrected chi connectivity index (χ0v) is 14.1. The number of carbonyl (C=O) groups is 2. The van der Waals surface area contributed by atoms with Gasteiger partial charge in [-0.1, -0.05) is 29.8 Å². The molecule has 0 radical (unpaired) electrons. The molecule has 1 aromatic rings. The van der Waals surface area contributed by atoms with Crippen molar-refractivity contribution in [3.8, 4) is 5.75 Å². The molecule has 0 saturated heterocycles. The first-order valence-corrected chi connectivity index (χ1v) is 7.72. The Hall–Kier alpha value is -1.63. The van der Waals surface area contributed by atoms with Crippen LogP contribution in [0.4, 0.5) is 4.39 Å². The summed E-state index contributed by atoms with van der Waals surface area (Å²) in [5.74, 6) is -2.05. The Morgan fingerprint density at radius 3 is 2.50 bits per heavy atom. The van der Waals surface area contributed by atoms with Crippen LogP contribution in [0.25, 0.3) is 0 Å². The van der Waals surface area contributed by atoms with E-state index in [2.05, 4.69) is 21.2 Å². The van der Waals surface area contributed by atoms with E-state index in [1.807, 2.05) is 0 Å². The number of nitrogens with one attached hydrogen (secondary N) is 1. The van der Waals surface area contributed by atoms with E-state index in [0.29, 0.717) is 17.3 Å². The summed E-state index contributed by atoms with van der Waals surface area (Å²) in [6.45, 7) is 3.16. The normalized spacial score (nSPS) is 11.1. The van der Waals surface area contributed by atoms with E-state index < -0.39 is 23.1 Å². The number of benzene rings is 1. The van der Waals surface area contributed by atoms with Gasteiger partial charge in [0.2, 0.25) is 0 Å². The Kier molecular flexibility index (Phi) is 6.80. The predicted molar refractivity (Wildman–Crippen MR) is 83.3 cm³/mol. The maximum Gasteiger partial charge on any atom is 0.311 e. The van der Waals surface area contributed by atoms with Gasteiger partial charge in [-0.05, 0) is 31.0 Å². The zero-order valence-electron chi connectivity index (χ0n) is 12.5. The van der Waals surface area contributed by atoms with Crippen molar-refractivity contribution in [2.75, 3.05) is 13.2 Å². The molecule has 0 aliphatic rings. The summed E-state index contributed by atoms with van der Waals surface area (Å²) in [7, 11) is 0. The van der Waals surface area contributed by atoms with E-state index in [4.69, 9.17) is 4.74 Å². The molecule has 0 saturated carbocycles. The molecule has 1 aromatic carbocycles. The van der Waals surface area contributed by atoms with E-state index in [-0.39, 0.29) is 18.9 Å². The molecule has 0 aliphatic heterocycles. The molecule has 0 spiro atoms. The highest BCUT2D eigenvalue weighted by atomic mass is 79.9. The SMILES string of the molecule is CCC(CC)(CNC(=O)COc1ccc(Br)cc1F)C(=O)O. The fourth-order valence-corrected chi connectivity index (χ4v) is 2.27. The van der Waals surface area contributed by atoms with Crippen LogP contribution >= 0.6 is 15.9 Å². The van der Waals surface area contributed by atoms with Gasteiger partial charge < -0.3 is 15.2 Å². The van der Waals surface area contributed by atoms with Crippen LogP contribution in [0.15, 0.2) is 22.7 Å². The molecule has 0 heterocycles. The molecule has 5 nitrogen and oxygen atoms in total. The third kappa shape index (κ3) is 4.69. The molecule has 0 aliphatic carbocycles. The van der Waals surface area contributed by atoms with Crippen LogP contribution in [-0.4, -0.2) is 30.1 Å². The minimum atomic E-state index is -0.988. The van der Waals surface area contributed by atoms with Gasteiger partial charge in [0.05, 0.1) is 5.41 Å². The van der Waals surface area contributed by atoms with Gasteiger partial charge in [-0.15, -0.1) is 0 Å². The smallest absolute Gasteiger partial charge is 0.311 e. The van der Waals surface area contributed by atoms with Crippen molar-refractivity contribution in [1.29, 1.82) is 0 Å². The third-order valence-corrected chi connectivity index (χ3v) is 4.18. The molecule has 122 valence electrons. The van der Waals surface area contributed by atoms with Crippen LogP contribution in [0.1, 0.15) is 26.7 Å². The number of hydrogen-bond acceptors (Lipinski definition) is 3. The second-order valence-electron chi connectivity index (χ2n) is 4.93. The maximum atomic E-state index is 13.5. The first-order chi connectivity index (χ1) is 10.3. The molecule has 1 amide bonds. The third-order valence-electron chi connectivity index (χ3n) is 3.68. The summed E-state index contributed by atoms with van der Waals surface area (Å²) < 4.78 is 19.2. The van der Waals surface area contributed by atoms with Crippen molar-refractivity contribution < 1.29 is 23.8 Å². The van der Waals surface area contributed by atoms with Crippen LogP contribution in [0.3, 0.4) is 0 Å². The number of ether oxygens (including phenoxy) is 1.